The van der Waals surface area contributed by atoms with Crippen molar-refractivity contribution < 1.29 is 0 Å². The average Bonchev–Trinajstić information content (AvgIpc) is 2.03. The van der Waals surface area contributed by atoms with E-state index in [-0.39, 0.29) is 5.41 Å². The van der Waals surface area contributed by atoms with Gasteiger partial charge in [-0.25, -0.2) is 10.4 Å². The van der Waals surface area contributed by atoms with Crippen molar-refractivity contribution in [1.82, 2.24) is 0 Å². The third kappa shape index (κ3) is 2.61. The summed E-state index contributed by atoms with van der Waals surface area (Å²) in [4.78, 5) is 0. The van der Waals surface area contributed by atoms with Crippen molar-refractivity contribution in [2.24, 2.45) is 5.84 Å². The molecule has 0 fully saturated rings. The summed E-state index contributed by atoms with van der Waals surface area (Å²) < 4.78 is 1.09. The first kappa shape index (κ1) is 10.4. The fourth-order valence-electron chi connectivity index (χ4n) is 1.10. The molecule has 0 spiro atoms. The highest BCUT2D eigenvalue weighted by molar-refractivity contribution is 6.24. The first-order chi connectivity index (χ1) is 5.91. The lowest BCUT2D eigenvalue weighted by Crippen LogP contribution is -2.18. The molecule has 0 atom stereocenters. The first-order valence-corrected chi connectivity index (χ1v) is 4.56. The molecule has 0 amide bonds. The topological polar surface area (TPSA) is 29.3 Å². The Morgan fingerprint density at radius 3 is 1.92 bits per heavy atom. The maximum atomic E-state index is 5.58. The molecule has 1 rings (SSSR count). The smallest absolute Gasteiger partial charge is 0.0703 e. The molecule has 0 aliphatic heterocycles. The Bertz CT molecular complexity index is 272. The van der Waals surface area contributed by atoms with Crippen LogP contribution in [0.15, 0.2) is 24.3 Å². The second kappa shape index (κ2) is 3.56. The largest absolute Gasteiger partial charge is 0.232 e. The van der Waals surface area contributed by atoms with Gasteiger partial charge in [0.2, 0.25) is 0 Å². The van der Waals surface area contributed by atoms with E-state index in [0.717, 1.165) is 10.2 Å². The lowest BCUT2D eigenvalue weighted by molar-refractivity contribution is 0.590. The second-order valence-corrected chi connectivity index (χ2v) is 4.47. The molecule has 0 aliphatic carbocycles. The van der Waals surface area contributed by atoms with Gasteiger partial charge in [-0.1, -0.05) is 32.9 Å². The Morgan fingerprint density at radius 1 is 1.15 bits per heavy atom. The zero-order chi connectivity index (χ0) is 10.1. The Hall–Kier alpha value is -0.730. The fraction of sp³-hybridized carbons (Fsp3) is 0.400. The summed E-state index contributed by atoms with van der Waals surface area (Å²) in [5.74, 6) is 5.37. The molecule has 1 aromatic carbocycles. The van der Waals surface area contributed by atoms with Crippen molar-refractivity contribution in [2.75, 3.05) is 4.53 Å². The minimum absolute atomic E-state index is 0.171. The van der Waals surface area contributed by atoms with Crippen molar-refractivity contribution in [2.45, 2.75) is 26.2 Å². The van der Waals surface area contributed by atoms with E-state index in [1.807, 2.05) is 24.3 Å². The van der Waals surface area contributed by atoms with Gasteiger partial charge in [-0.3, -0.25) is 0 Å². The Morgan fingerprint density at radius 2 is 1.62 bits per heavy atom. The van der Waals surface area contributed by atoms with Gasteiger partial charge in [0, 0.05) is 11.8 Å². The second-order valence-electron chi connectivity index (χ2n) is 4.11. The van der Waals surface area contributed by atoms with Crippen LogP contribution in [0.2, 0.25) is 0 Å². The third-order valence-electron chi connectivity index (χ3n) is 1.98. The Kier molecular flexibility index (Phi) is 2.84. The number of nitrogens with two attached hydrogens (primary N) is 1. The highest BCUT2D eigenvalue weighted by Gasteiger charge is 2.12. The van der Waals surface area contributed by atoms with E-state index in [2.05, 4.69) is 20.8 Å². The highest BCUT2D eigenvalue weighted by atomic mass is 35.5. The number of hydrogen-bond donors (Lipinski definition) is 1. The van der Waals surface area contributed by atoms with Gasteiger partial charge in [0.15, 0.2) is 0 Å². The average molecular weight is 199 g/mol. The number of rotatable bonds is 1. The fourth-order valence-corrected chi connectivity index (χ4v) is 1.22. The summed E-state index contributed by atoms with van der Waals surface area (Å²) in [6.45, 7) is 6.51. The van der Waals surface area contributed by atoms with Crippen LogP contribution >= 0.6 is 11.8 Å². The van der Waals surface area contributed by atoms with Crippen LogP contribution in [0.1, 0.15) is 26.3 Å². The van der Waals surface area contributed by atoms with E-state index in [1.165, 1.54) is 5.56 Å². The normalized spacial score (nSPS) is 11.5. The van der Waals surface area contributed by atoms with Gasteiger partial charge < -0.3 is 0 Å². The van der Waals surface area contributed by atoms with Gasteiger partial charge in [0.05, 0.1) is 5.69 Å². The molecule has 0 unspecified atom stereocenters. The summed E-state index contributed by atoms with van der Waals surface area (Å²) in [5, 5.41) is 0. The summed E-state index contributed by atoms with van der Waals surface area (Å²) in [5.41, 5.74) is 2.24. The first-order valence-electron chi connectivity index (χ1n) is 4.22. The van der Waals surface area contributed by atoms with Crippen molar-refractivity contribution in [1.29, 1.82) is 0 Å². The van der Waals surface area contributed by atoms with Crippen LogP contribution in [0.25, 0.3) is 0 Å². The van der Waals surface area contributed by atoms with E-state index in [4.69, 9.17) is 17.6 Å². The summed E-state index contributed by atoms with van der Waals surface area (Å²) in [7, 11) is 0. The molecule has 2 N–H and O–H groups in total. The highest BCUT2D eigenvalue weighted by Crippen LogP contribution is 2.24. The van der Waals surface area contributed by atoms with Gasteiger partial charge in [-0.05, 0) is 23.1 Å². The zero-order valence-electron chi connectivity index (χ0n) is 8.21. The molecule has 0 saturated heterocycles. The molecule has 0 heterocycles. The molecular formula is C10H15ClN2. The lowest BCUT2D eigenvalue weighted by atomic mass is 9.87. The number of nitrogens with zero attached hydrogens (tertiary/aromatic N) is 1. The van der Waals surface area contributed by atoms with Crippen molar-refractivity contribution in [3.63, 3.8) is 0 Å². The van der Waals surface area contributed by atoms with Crippen LogP contribution in [-0.4, -0.2) is 0 Å². The summed E-state index contributed by atoms with van der Waals surface area (Å²) >= 11 is 5.58. The van der Waals surface area contributed by atoms with Gasteiger partial charge in [0.25, 0.3) is 0 Å². The van der Waals surface area contributed by atoms with E-state index >= 15 is 0 Å². The van der Waals surface area contributed by atoms with E-state index in [9.17, 15) is 0 Å². The number of hydrogen-bond acceptors (Lipinski definition) is 2. The maximum absolute atomic E-state index is 5.58. The van der Waals surface area contributed by atoms with Crippen LogP contribution < -0.4 is 10.4 Å². The molecule has 2 nitrogen and oxygen atoms in total. The maximum Gasteiger partial charge on any atom is 0.0703 e. The Balaban J connectivity index is 2.94. The summed E-state index contributed by atoms with van der Waals surface area (Å²) in [6, 6.07) is 7.90. The van der Waals surface area contributed by atoms with Gasteiger partial charge in [-0.15, -0.1) is 0 Å². The molecule has 1 aromatic rings. The number of hydrazine groups is 1. The van der Waals surface area contributed by atoms with Gasteiger partial charge in [0.1, 0.15) is 0 Å². The zero-order valence-corrected chi connectivity index (χ0v) is 8.97. The lowest BCUT2D eigenvalue weighted by Gasteiger charge is -2.19. The van der Waals surface area contributed by atoms with Crippen LogP contribution in [0.4, 0.5) is 5.69 Å². The predicted octanol–water partition coefficient (Wildman–Crippen LogP) is 2.82. The number of halogens is 1. The van der Waals surface area contributed by atoms with E-state index < -0.39 is 0 Å². The van der Waals surface area contributed by atoms with Crippen LogP contribution in [0.5, 0.6) is 0 Å². The monoisotopic (exact) mass is 198 g/mol. The number of benzene rings is 1. The van der Waals surface area contributed by atoms with Crippen LogP contribution in [0.3, 0.4) is 0 Å². The van der Waals surface area contributed by atoms with Crippen molar-refractivity contribution in [3.05, 3.63) is 29.8 Å². The predicted molar refractivity (Wildman–Crippen MR) is 57.7 cm³/mol. The standard InChI is InChI=1S/C10H15ClN2/c1-10(2,3)8-4-6-9(7-5-8)13(11)12/h4-7H,12H2,1-3H3. The van der Waals surface area contributed by atoms with E-state index in [0.29, 0.717) is 0 Å². The molecule has 13 heavy (non-hydrogen) atoms. The molecule has 0 aliphatic rings. The molecule has 3 heteroatoms. The minimum Gasteiger partial charge on any atom is -0.232 e. The molecule has 0 saturated carbocycles. The quantitative estimate of drug-likeness (QED) is 0.427. The van der Waals surface area contributed by atoms with Crippen molar-refractivity contribution in [3.8, 4) is 0 Å². The van der Waals surface area contributed by atoms with E-state index in [1.54, 1.807) is 0 Å². The molecule has 0 aromatic heterocycles. The third-order valence-corrected chi connectivity index (χ3v) is 2.18. The van der Waals surface area contributed by atoms with Crippen LogP contribution in [0, 0.1) is 0 Å². The summed E-state index contributed by atoms with van der Waals surface area (Å²) in [6.07, 6.45) is 0. The number of anilines is 1. The van der Waals surface area contributed by atoms with Crippen molar-refractivity contribution >= 4 is 17.5 Å². The van der Waals surface area contributed by atoms with Gasteiger partial charge in [-0.2, -0.15) is 0 Å². The molecular weight excluding hydrogens is 184 g/mol. The molecule has 72 valence electrons. The molecule has 0 bridgehead atoms. The molecule has 0 radical (unpaired) electrons. The Labute approximate surface area is 84.4 Å². The SMILES string of the molecule is CC(C)(C)c1ccc(N(N)Cl)cc1. The van der Waals surface area contributed by atoms with Crippen LogP contribution in [-0.2, 0) is 5.41 Å². The minimum atomic E-state index is 0.171. The van der Waals surface area contributed by atoms with Gasteiger partial charge >= 0.3 is 0 Å².